The van der Waals surface area contributed by atoms with E-state index in [0.717, 1.165) is 11.1 Å². The summed E-state index contributed by atoms with van der Waals surface area (Å²) in [5.74, 6) is 0.688. The molecule has 0 saturated carbocycles. The maximum Gasteiger partial charge on any atom is 0.258 e. The Morgan fingerprint density at radius 1 is 1.12 bits per heavy atom. The first-order chi connectivity index (χ1) is 15.3. The minimum absolute atomic E-state index is 0.113. The van der Waals surface area contributed by atoms with E-state index in [1.807, 2.05) is 31.3 Å². The van der Waals surface area contributed by atoms with Crippen molar-refractivity contribution in [1.29, 1.82) is 0 Å². The molecule has 0 bridgehead atoms. The lowest BCUT2D eigenvalue weighted by Gasteiger charge is -2.56. The zero-order valence-electron chi connectivity index (χ0n) is 19.9. The number of aromatic nitrogens is 3. The van der Waals surface area contributed by atoms with Crippen molar-refractivity contribution >= 4 is 11.6 Å². The topological polar surface area (TPSA) is 95.5 Å². The van der Waals surface area contributed by atoms with Crippen molar-refractivity contribution in [3.05, 3.63) is 64.3 Å². The Morgan fingerprint density at radius 3 is 2.36 bits per heavy atom. The second-order valence-electron chi connectivity index (χ2n) is 10.3. The summed E-state index contributed by atoms with van der Waals surface area (Å²) in [6, 6.07) is 7.65. The molecule has 2 N–H and O–H groups in total. The van der Waals surface area contributed by atoms with E-state index in [-0.39, 0.29) is 11.8 Å². The maximum atomic E-state index is 12.4. The first-order valence-corrected chi connectivity index (χ1v) is 11.5. The van der Waals surface area contributed by atoms with E-state index in [9.17, 15) is 10.2 Å². The zero-order chi connectivity index (χ0) is 24.2. The lowest BCUT2D eigenvalue weighted by Crippen LogP contribution is -2.63. The molecule has 3 heterocycles. The smallest absolute Gasteiger partial charge is 0.258 e. The van der Waals surface area contributed by atoms with Crippen LogP contribution >= 0.6 is 11.6 Å². The van der Waals surface area contributed by atoms with Gasteiger partial charge in [-0.05, 0) is 50.1 Å². The Kier molecular flexibility index (Phi) is 5.90. The summed E-state index contributed by atoms with van der Waals surface area (Å²) in [5.41, 5.74) is -0.0844. The summed E-state index contributed by atoms with van der Waals surface area (Å²) >= 11 is 6.64. The fourth-order valence-corrected chi connectivity index (χ4v) is 5.21. The summed E-state index contributed by atoms with van der Waals surface area (Å²) in [5, 5.41) is 27.2. The molecule has 1 atom stereocenters. The van der Waals surface area contributed by atoms with Crippen LogP contribution in [0.15, 0.2) is 41.2 Å². The van der Waals surface area contributed by atoms with Gasteiger partial charge in [0.25, 0.3) is 5.89 Å². The zero-order valence-corrected chi connectivity index (χ0v) is 20.7. The predicted octanol–water partition coefficient (Wildman–Crippen LogP) is 4.32. The third kappa shape index (κ3) is 4.08. The van der Waals surface area contributed by atoms with Crippen molar-refractivity contribution in [1.82, 2.24) is 20.0 Å². The molecular formula is C25H31ClN4O3. The molecule has 2 aromatic heterocycles. The predicted molar refractivity (Wildman–Crippen MR) is 127 cm³/mol. The van der Waals surface area contributed by atoms with Crippen molar-refractivity contribution in [3.63, 3.8) is 0 Å². The highest BCUT2D eigenvalue weighted by molar-refractivity contribution is 6.31. The average Bonchev–Trinajstić information content (AvgIpc) is 3.23. The highest BCUT2D eigenvalue weighted by Gasteiger charge is 2.55. The van der Waals surface area contributed by atoms with Gasteiger partial charge in [0.2, 0.25) is 5.82 Å². The number of pyridine rings is 1. The lowest BCUT2D eigenvalue weighted by atomic mass is 9.62. The Labute approximate surface area is 199 Å². The Hall–Kier alpha value is -2.32. The summed E-state index contributed by atoms with van der Waals surface area (Å²) in [6.45, 7) is 10.8. The molecule has 1 aliphatic heterocycles. The van der Waals surface area contributed by atoms with E-state index in [0.29, 0.717) is 35.1 Å². The van der Waals surface area contributed by atoms with E-state index in [4.69, 9.17) is 16.1 Å². The summed E-state index contributed by atoms with van der Waals surface area (Å²) < 4.78 is 5.23. The molecule has 1 aromatic carbocycles. The molecule has 4 rings (SSSR count). The van der Waals surface area contributed by atoms with E-state index < -0.39 is 16.6 Å². The molecule has 8 heteroatoms. The average molecular weight is 471 g/mol. The molecule has 0 spiro atoms. The largest absolute Gasteiger partial charge is 0.381 e. The molecule has 0 amide bonds. The monoisotopic (exact) mass is 470 g/mol. The van der Waals surface area contributed by atoms with Gasteiger partial charge in [-0.1, -0.05) is 49.7 Å². The van der Waals surface area contributed by atoms with Crippen LogP contribution in [-0.4, -0.2) is 50.4 Å². The van der Waals surface area contributed by atoms with Crippen LogP contribution in [-0.2, 0) is 11.2 Å². The van der Waals surface area contributed by atoms with Crippen LogP contribution in [0.4, 0.5) is 0 Å². The van der Waals surface area contributed by atoms with Crippen LogP contribution in [0.2, 0.25) is 5.02 Å². The lowest BCUT2D eigenvalue weighted by molar-refractivity contribution is -0.127. The third-order valence-corrected chi connectivity index (χ3v) is 6.84. The standard InChI is InChI=1S/C25H31ClN4O3/c1-15(2)19-8-7-17(10-20(19)26)25(32,24(5)13-30(6)14-24)18-9-16(11-27-12-18)21-28-22(33-29-21)23(3,4)31/h7-12,15,31-32H,13-14H2,1-6H3. The van der Waals surface area contributed by atoms with Crippen molar-refractivity contribution in [2.75, 3.05) is 20.1 Å². The number of rotatable bonds is 6. The molecular weight excluding hydrogens is 440 g/mol. The number of aliphatic hydroxyl groups is 2. The van der Waals surface area contributed by atoms with E-state index in [1.165, 1.54) is 0 Å². The Bertz CT molecular complexity index is 1160. The van der Waals surface area contributed by atoms with Crippen molar-refractivity contribution in [2.24, 2.45) is 5.41 Å². The van der Waals surface area contributed by atoms with E-state index in [2.05, 4.69) is 40.8 Å². The van der Waals surface area contributed by atoms with Crippen LogP contribution in [0.5, 0.6) is 0 Å². The second-order valence-corrected chi connectivity index (χ2v) is 10.7. The first kappa shape index (κ1) is 23.8. The van der Waals surface area contributed by atoms with Gasteiger partial charge in [-0.15, -0.1) is 0 Å². The van der Waals surface area contributed by atoms with Gasteiger partial charge in [-0.25, -0.2) is 0 Å². The molecule has 176 valence electrons. The van der Waals surface area contributed by atoms with Gasteiger partial charge < -0.3 is 19.6 Å². The number of likely N-dealkylation sites (tertiary alicyclic amines) is 1. The maximum absolute atomic E-state index is 12.4. The highest BCUT2D eigenvalue weighted by atomic mass is 35.5. The number of halogens is 1. The van der Waals surface area contributed by atoms with E-state index >= 15 is 0 Å². The molecule has 1 saturated heterocycles. The minimum atomic E-state index is -1.34. The van der Waals surface area contributed by atoms with E-state index in [1.54, 1.807) is 26.2 Å². The molecule has 33 heavy (non-hydrogen) atoms. The molecule has 3 aromatic rings. The van der Waals surface area contributed by atoms with Crippen LogP contribution in [0, 0.1) is 5.41 Å². The van der Waals surface area contributed by atoms with Gasteiger partial charge in [0.05, 0.1) is 0 Å². The SMILES string of the molecule is CC(C)c1ccc(C(O)(c2cncc(-c3noc(C(C)(C)O)n3)c2)C2(C)CN(C)C2)cc1Cl. The fraction of sp³-hybridized carbons (Fsp3) is 0.480. The normalized spacial score (nSPS) is 18.2. The molecule has 1 fully saturated rings. The number of nitrogens with zero attached hydrogens (tertiary/aromatic N) is 4. The van der Waals surface area contributed by atoms with Crippen LogP contribution in [0.25, 0.3) is 11.4 Å². The van der Waals surface area contributed by atoms with Gasteiger partial charge in [0.15, 0.2) is 0 Å². The first-order valence-electron chi connectivity index (χ1n) is 11.1. The highest BCUT2D eigenvalue weighted by Crippen LogP contribution is 2.51. The fourth-order valence-electron chi connectivity index (χ4n) is 4.81. The van der Waals surface area contributed by atoms with Gasteiger partial charge in [-0.3, -0.25) is 4.98 Å². The summed E-state index contributed by atoms with van der Waals surface area (Å²) in [6.07, 6.45) is 3.29. The van der Waals surface area contributed by atoms with Crippen molar-refractivity contribution in [2.45, 2.75) is 51.7 Å². The number of hydrogen-bond donors (Lipinski definition) is 2. The Balaban J connectivity index is 1.84. The Morgan fingerprint density at radius 2 is 1.82 bits per heavy atom. The number of hydrogen-bond acceptors (Lipinski definition) is 7. The molecule has 1 unspecified atom stereocenters. The quantitative estimate of drug-likeness (QED) is 0.553. The van der Waals surface area contributed by atoms with Crippen LogP contribution in [0.1, 0.15) is 63.1 Å². The molecule has 7 nitrogen and oxygen atoms in total. The van der Waals surface area contributed by atoms with Crippen molar-refractivity contribution < 1.29 is 14.7 Å². The van der Waals surface area contributed by atoms with Gasteiger partial charge in [0.1, 0.15) is 11.2 Å². The number of benzene rings is 1. The van der Waals surface area contributed by atoms with Gasteiger partial charge >= 0.3 is 0 Å². The second kappa shape index (κ2) is 8.17. The van der Waals surface area contributed by atoms with Gasteiger partial charge in [-0.2, -0.15) is 4.98 Å². The van der Waals surface area contributed by atoms with Crippen LogP contribution < -0.4 is 0 Å². The van der Waals surface area contributed by atoms with Gasteiger partial charge in [0, 0.05) is 47.0 Å². The third-order valence-electron chi connectivity index (χ3n) is 6.52. The molecule has 0 radical (unpaired) electrons. The summed E-state index contributed by atoms with van der Waals surface area (Å²) in [7, 11) is 2.03. The molecule has 1 aliphatic rings. The molecule has 0 aliphatic carbocycles. The van der Waals surface area contributed by atoms with Crippen molar-refractivity contribution in [3.8, 4) is 11.4 Å². The van der Waals surface area contributed by atoms with Crippen LogP contribution in [0.3, 0.4) is 0 Å². The summed E-state index contributed by atoms with van der Waals surface area (Å²) in [4.78, 5) is 10.9. The minimum Gasteiger partial charge on any atom is -0.381 e.